The van der Waals surface area contributed by atoms with Gasteiger partial charge in [0.1, 0.15) is 17.4 Å². The van der Waals surface area contributed by atoms with Gasteiger partial charge in [-0.15, -0.1) is 0 Å². The number of imide groups is 1. The summed E-state index contributed by atoms with van der Waals surface area (Å²) < 4.78 is 12.2. The van der Waals surface area contributed by atoms with E-state index in [1.807, 2.05) is 61.5 Å². The van der Waals surface area contributed by atoms with Crippen molar-refractivity contribution in [3.8, 4) is 11.5 Å². The maximum Gasteiger partial charge on any atom is 0.266 e. The predicted octanol–water partition coefficient (Wildman–Crippen LogP) is 4.91. The minimum absolute atomic E-state index is 0.340. The van der Waals surface area contributed by atoms with Crippen molar-refractivity contribution in [1.29, 1.82) is 0 Å². The third-order valence-corrected chi connectivity index (χ3v) is 6.54. The molecule has 2 heterocycles. The van der Waals surface area contributed by atoms with Gasteiger partial charge in [0.05, 0.1) is 31.1 Å². The number of carbonyl (C=O) groups is 2. The number of ether oxygens (including phenoxy) is 2. The monoisotopic (exact) mass is 522 g/mol. The summed E-state index contributed by atoms with van der Waals surface area (Å²) in [5.74, 6) is -0.451. The highest BCUT2D eigenvalue weighted by Crippen LogP contribution is 2.50. The molecule has 3 aromatic carbocycles. The molecule has 34 heavy (non-hydrogen) atoms. The molecule has 0 aromatic heterocycles. The number of amides is 2. The molecule has 0 saturated carbocycles. The smallest absolute Gasteiger partial charge is 0.266 e. The number of rotatable bonds is 6. The van der Waals surface area contributed by atoms with Gasteiger partial charge in [0.15, 0.2) is 6.10 Å². The van der Waals surface area contributed by atoms with E-state index in [1.165, 1.54) is 4.90 Å². The number of hydrogen-bond donors (Lipinski definition) is 0. The molecule has 2 aliphatic heterocycles. The molecule has 2 aliphatic rings. The number of hydroxylamine groups is 1. The van der Waals surface area contributed by atoms with E-state index in [2.05, 4.69) is 15.9 Å². The van der Waals surface area contributed by atoms with Gasteiger partial charge >= 0.3 is 0 Å². The zero-order chi connectivity index (χ0) is 23.8. The Kier molecular flexibility index (Phi) is 6.02. The molecular formula is C26H23BrN2O5. The van der Waals surface area contributed by atoms with Crippen molar-refractivity contribution in [2.24, 2.45) is 5.92 Å². The molecule has 174 valence electrons. The summed E-state index contributed by atoms with van der Waals surface area (Å²) in [6.45, 7) is 2.27. The number of halogens is 1. The van der Waals surface area contributed by atoms with Crippen LogP contribution in [0.4, 0.5) is 11.4 Å². The Morgan fingerprint density at radius 1 is 0.941 bits per heavy atom. The molecule has 3 aromatic rings. The van der Waals surface area contributed by atoms with Crippen LogP contribution < -0.4 is 19.4 Å². The second-order valence-corrected chi connectivity index (χ2v) is 8.87. The van der Waals surface area contributed by atoms with Crippen molar-refractivity contribution in [1.82, 2.24) is 0 Å². The number of carbonyl (C=O) groups excluding carboxylic acids is 2. The Balaban J connectivity index is 1.63. The lowest BCUT2D eigenvalue weighted by atomic mass is 9.90. The van der Waals surface area contributed by atoms with Crippen molar-refractivity contribution in [2.45, 2.75) is 19.1 Å². The molecule has 0 unspecified atom stereocenters. The fourth-order valence-electron chi connectivity index (χ4n) is 4.62. The SMILES string of the molecule is CCOc1ccccc1N1C(=O)[C@H]2[C@@H](ON(c3ccccc3)[C@H]2c2cc(Br)ccc2OC)C1=O. The third-order valence-electron chi connectivity index (χ3n) is 6.04. The van der Waals surface area contributed by atoms with E-state index in [4.69, 9.17) is 14.3 Å². The lowest BCUT2D eigenvalue weighted by molar-refractivity contribution is -0.126. The quantitative estimate of drug-likeness (QED) is 0.428. The van der Waals surface area contributed by atoms with Gasteiger partial charge in [-0.3, -0.25) is 14.4 Å². The first-order valence-corrected chi connectivity index (χ1v) is 11.8. The van der Waals surface area contributed by atoms with Gasteiger partial charge in [-0.05, 0) is 49.4 Å². The summed E-state index contributed by atoms with van der Waals surface area (Å²) in [6, 6.07) is 21.5. The van der Waals surface area contributed by atoms with E-state index in [0.717, 1.165) is 15.7 Å². The van der Waals surface area contributed by atoms with Gasteiger partial charge in [0, 0.05) is 10.0 Å². The number of para-hydroxylation sites is 3. The van der Waals surface area contributed by atoms with Crippen molar-refractivity contribution in [3.63, 3.8) is 0 Å². The lowest BCUT2D eigenvalue weighted by Crippen LogP contribution is -2.37. The molecule has 0 N–H and O–H groups in total. The van der Waals surface area contributed by atoms with E-state index in [-0.39, 0.29) is 5.91 Å². The Morgan fingerprint density at radius 3 is 2.41 bits per heavy atom. The van der Waals surface area contributed by atoms with Crippen molar-refractivity contribution < 1.29 is 23.9 Å². The number of fused-ring (bicyclic) bond motifs is 1. The topological polar surface area (TPSA) is 68.3 Å². The maximum absolute atomic E-state index is 13.9. The number of methoxy groups -OCH3 is 1. The molecule has 2 amide bonds. The summed E-state index contributed by atoms with van der Waals surface area (Å²) in [5.41, 5.74) is 1.91. The van der Waals surface area contributed by atoms with Crippen LogP contribution in [-0.2, 0) is 14.4 Å². The molecule has 2 saturated heterocycles. The number of benzene rings is 3. The second-order valence-electron chi connectivity index (χ2n) is 7.96. The van der Waals surface area contributed by atoms with Crippen LogP contribution in [0.1, 0.15) is 18.5 Å². The van der Waals surface area contributed by atoms with E-state index in [1.54, 1.807) is 30.4 Å². The minimum Gasteiger partial charge on any atom is -0.496 e. The number of hydrogen-bond acceptors (Lipinski definition) is 6. The fourth-order valence-corrected chi connectivity index (χ4v) is 5.00. The van der Waals surface area contributed by atoms with Gasteiger partial charge in [-0.2, -0.15) is 0 Å². The van der Waals surface area contributed by atoms with Gasteiger partial charge in [-0.1, -0.05) is 46.3 Å². The first-order chi connectivity index (χ1) is 16.5. The maximum atomic E-state index is 13.9. The van der Waals surface area contributed by atoms with Crippen LogP contribution in [0.5, 0.6) is 11.5 Å². The van der Waals surface area contributed by atoms with Crippen molar-refractivity contribution >= 4 is 39.1 Å². The van der Waals surface area contributed by atoms with Gasteiger partial charge < -0.3 is 9.47 Å². The molecule has 0 spiro atoms. The van der Waals surface area contributed by atoms with Crippen LogP contribution in [-0.4, -0.2) is 31.6 Å². The lowest BCUT2D eigenvalue weighted by Gasteiger charge is -2.30. The van der Waals surface area contributed by atoms with E-state index >= 15 is 0 Å². The minimum atomic E-state index is -0.976. The molecule has 8 heteroatoms. The highest BCUT2D eigenvalue weighted by Gasteiger charge is 2.61. The summed E-state index contributed by atoms with van der Waals surface area (Å²) in [4.78, 5) is 34.9. The molecule has 2 fully saturated rings. The highest BCUT2D eigenvalue weighted by molar-refractivity contribution is 9.10. The molecule has 0 bridgehead atoms. The Bertz CT molecular complexity index is 1230. The van der Waals surface area contributed by atoms with E-state index in [0.29, 0.717) is 23.8 Å². The first kappa shape index (κ1) is 22.4. The molecule has 7 nitrogen and oxygen atoms in total. The van der Waals surface area contributed by atoms with Gasteiger partial charge in [-0.25, -0.2) is 9.96 Å². The van der Waals surface area contributed by atoms with Crippen molar-refractivity contribution in [3.05, 3.63) is 82.8 Å². The van der Waals surface area contributed by atoms with Crippen LogP contribution in [0.3, 0.4) is 0 Å². The summed E-state index contributed by atoms with van der Waals surface area (Å²) in [7, 11) is 1.58. The Labute approximate surface area is 205 Å². The molecule has 0 aliphatic carbocycles. The summed E-state index contributed by atoms with van der Waals surface area (Å²) in [6.07, 6.45) is -0.976. The standard InChI is InChI=1S/C26H23BrN2O5/c1-3-33-21-12-8-7-11-19(21)28-25(30)22-23(18-15-16(27)13-14-20(18)32-2)29(34-24(22)26(28)31)17-9-5-4-6-10-17/h4-15,22-24H,3H2,1-2H3/t22-,23+,24-/m1/s1. The molecule has 5 rings (SSSR count). The largest absolute Gasteiger partial charge is 0.496 e. The van der Waals surface area contributed by atoms with Crippen LogP contribution >= 0.6 is 15.9 Å². The third kappa shape index (κ3) is 3.63. The van der Waals surface area contributed by atoms with Gasteiger partial charge in [0.25, 0.3) is 5.91 Å². The average Bonchev–Trinajstić information content (AvgIpc) is 3.36. The molecular weight excluding hydrogens is 500 g/mol. The van der Waals surface area contributed by atoms with Gasteiger partial charge in [0.2, 0.25) is 5.91 Å². The van der Waals surface area contributed by atoms with E-state index < -0.39 is 24.0 Å². The highest BCUT2D eigenvalue weighted by atomic mass is 79.9. The predicted molar refractivity (Wildman–Crippen MR) is 131 cm³/mol. The van der Waals surface area contributed by atoms with Crippen LogP contribution in [0.15, 0.2) is 77.3 Å². The Morgan fingerprint density at radius 2 is 1.68 bits per heavy atom. The second kappa shape index (κ2) is 9.12. The zero-order valence-corrected chi connectivity index (χ0v) is 20.3. The normalized spacial score (nSPS) is 21.7. The van der Waals surface area contributed by atoms with Crippen LogP contribution in [0.25, 0.3) is 0 Å². The zero-order valence-electron chi connectivity index (χ0n) is 18.7. The van der Waals surface area contributed by atoms with Crippen LogP contribution in [0, 0.1) is 5.92 Å². The molecule has 0 radical (unpaired) electrons. The number of anilines is 2. The average molecular weight is 523 g/mol. The first-order valence-electron chi connectivity index (χ1n) is 11.0. The fraction of sp³-hybridized carbons (Fsp3) is 0.231. The summed E-state index contributed by atoms with van der Waals surface area (Å²) >= 11 is 3.53. The van der Waals surface area contributed by atoms with E-state index in [9.17, 15) is 9.59 Å². The van der Waals surface area contributed by atoms with Crippen molar-refractivity contribution in [2.75, 3.05) is 23.7 Å². The summed E-state index contributed by atoms with van der Waals surface area (Å²) in [5, 5.41) is 1.65. The van der Waals surface area contributed by atoms with Crippen LogP contribution in [0.2, 0.25) is 0 Å². The molecule has 3 atom stereocenters. The Hall–Kier alpha value is -3.36. The number of nitrogens with zero attached hydrogens (tertiary/aromatic N) is 2.